The number of benzene rings is 1. The molecule has 0 aromatic heterocycles. The van der Waals surface area contributed by atoms with E-state index in [1.807, 2.05) is 45.0 Å². The van der Waals surface area contributed by atoms with Gasteiger partial charge in [0, 0.05) is 6.54 Å². The van der Waals surface area contributed by atoms with Crippen LogP contribution in [0.15, 0.2) is 24.3 Å². The van der Waals surface area contributed by atoms with Gasteiger partial charge in [-0.05, 0) is 37.5 Å². The lowest BCUT2D eigenvalue weighted by Gasteiger charge is -2.17. The standard InChI is InChI=1S/C14H21NO2/c1-4-9-15-14(16)13(5-2)17-12-8-6-7-11(3)10-12/h6-8,10,13H,4-5,9H2,1-3H3,(H,15,16). The summed E-state index contributed by atoms with van der Waals surface area (Å²) in [7, 11) is 0. The molecule has 0 radical (unpaired) electrons. The summed E-state index contributed by atoms with van der Waals surface area (Å²) in [4.78, 5) is 11.8. The van der Waals surface area contributed by atoms with Crippen molar-refractivity contribution in [1.82, 2.24) is 5.32 Å². The molecule has 0 saturated carbocycles. The van der Waals surface area contributed by atoms with E-state index in [0.29, 0.717) is 13.0 Å². The lowest BCUT2D eigenvalue weighted by Crippen LogP contribution is -2.38. The van der Waals surface area contributed by atoms with Gasteiger partial charge in [0.2, 0.25) is 0 Å². The van der Waals surface area contributed by atoms with E-state index < -0.39 is 6.10 Å². The maximum atomic E-state index is 11.8. The number of nitrogens with one attached hydrogen (secondary N) is 1. The Morgan fingerprint density at radius 2 is 2.18 bits per heavy atom. The minimum absolute atomic E-state index is 0.0316. The van der Waals surface area contributed by atoms with E-state index >= 15 is 0 Å². The SMILES string of the molecule is CCCNC(=O)C(CC)Oc1cccc(C)c1. The molecule has 1 unspecified atom stereocenters. The van der Waals surface area contributed by atoms with E-state index in [-0.39, 0.29) is 5.91 Å². The molecule has 94 valence electrons. The van der Waals surface area contributed by atoms with Crippen molar-refractivity contribution < 1.29 is 9.53 Å². The molecule has 1 atom stereocenters. The van der Waals surface area contributed by atoms with Crippen molar-refractivity contribution in [1.29, 1.82) is 0 Å². The van der Waals surface area contributed by atoms with Crippen molar-refractivity contribution in [3.8, 4) is 5.75 Å². The Bertz CT molecular complexity index is 363. The Kier molecular flexibility index (Phi) is 5.53. The van der Waals surface area contributed by atoms with Crippen LogP contribution in [0.25, 0.3) is 0 Å². The molecule has 0 aliphatic heterocycles. The van der Waals surface area contributed by atoms with Crippen LogP contribution in [0.1, 0.15) is 32.3 Å². The van der Waals surface area contributed by atoms with E-state index in [1.54, 1.807) is 0 Å². The van der Waals surface area contributed by atoms with Gasteiger partial charge in [-0.15, -0.1) is 0 Å². The third kappa shape index (κ3) is 4.47. The van der Waals surface area contributed by atoms with Crippen LogP contribution >= 0.6 is 0 Å². The highest BCUT2D eigenvalue weighted by Crippen LogP contribution is 2.15. The average molecular weight is 235 g/mol. The highest BCUT2D eigenvalue weighted by Gasteiger charge is 2.17. The Labute approximate surface area is 103 Å². The predicted molar refractivity (Wildman–Crippen MR) is 69.2 cm³/mol. The van der Waals surface area contributed by atoms with Gasteiger partial charge in [-0.3, -0.25) is 4.79 Å². The van der Waals surface area contributed by atoms with Gasteiger partial charge in [0.25, 0.3) is 5.91 Å². The summed E-state index contributed by atoms with van der Waals surface area (Å²) in [6.45, 7) is 6.69. The van der Waals surface area contributed by atoms with Crippen LogP contribution < -0.4 is 10.1 Å². The first-order valence-corrected chi connectivity index (χ1v) is 6.18. The fraction of sp³-hybridized carbons (Fsp3) is 0.500. The minimum atomic E-state index is -0.400. The first-order chi connectivity index (χ1) is 8.17. The third-order valence-corrected chi connectivity index (χ3v) is 2.48. The van der Waals surface area contributed by atoms with Crippen LogP contribution in [0.2, 0.25) is 0 Å². The van der Waals surface area contributed by atoms with Gasteiger partial charge in [-0.2, -0.15) is 0 Å². The van der Waals surface area contributed by atoms with Crippen molar-refractivity contribution in [2.24, 2.45) is 0 Å². The topological polar surface area (TPSA) is 38.3 Å². The van der Waals surface area contributed by atoms with Crippen molar-refractivity contribution in [2.45, 2.75) is 39.7 Å². The molecule has 3 nitrogen and oxygen atoms in total. The number of rotatable bonds is 6. The zero-order valence-corrected chi connectivity index (χ0v) is 10.8. The Balaban J connectivity index is 2.60. The Morgan fingerprint density at radius 3 is 2.76 bits per heavy atom. The lowest BCUT2D eigenvalue weighted by molar-refractivity contribution is -0.128. The molecule has 0 aliphatic rings. The number of carbonyl (C=O) groups excluding carboxylic acids is 1. The Hall–Kier alpha value is -1.51. The second kappa shape index (κ2) is 6.94. The van der Waals surface area contributed by atoms with E-state index in [1.165, 1.54) is 0 Å². The van der Waals surface area contributed by atoms with E-state index in [2.05, 4.69) is 5.32 Å². The Morgan fingerprint density at radius 1 is 1.41 bits per heavy atom. The number of amides is 1. The van der Waals surface area contributed by atoms with Crippen molar-refractivity contribution >= 4 is 5.91 Å². The first-order valence-electron chi connectivity index (χ1n) is 6.18. The summed E-state index contributed by atoms with van der Waals surface area (Å²) >= 11 is 0. The predicted octanol–water partition coefficient (Wildman–Crippen LogP) is 2.68. The van der Waals surface area contributed by atoms with Crippen LogP contribution in [-0.2, 0) is 4.79 Å². The molecular weight excluding hydrogens is 214 g/mol. The molecular formula is C14H21NO2. The number of aryl methyl sites for hydroxylation is 1. The molecule has 17 heavy (non-hydrogen) atoms. The van der Waals surface area contributed by atoms with Gasteiger partial charge in [0.1, 0.15) is 5.75 Å². The van der Waals surface area contributed by atoms with Crippen molar-refractivity contribution in [2.75, 3.05) is 6.54 Å². The molecule has 1 aromatic carbocycles. The summed E-state index contributed by atoms with van der Waals surface area (Å²) < 4.78 is 5.69. The molecule has 3 heteroatoms. The zero-order chi connectivity index (χ0) is 12.7. The summed E-state index contributed by atoms with van der Waals surface area (Å²) in [5, 5.41) is 2.85. The van der Waals surface area contributed by atoms with Crippen molar-refractivity contribution in [3.05, 3.63) is 29.8 Å². The lowest BCUT2D eigenvalue weighted by atomic mass is 10.2. The van der Waals surface area contributed by atoms with Crippen LogP contribution in [0.5, 0.6) is 5.75 Å². The second-order valence-electron chi connectivity index (χ2n) is 4.12. The summed E-state index contributed by atoms with van der Waals surface area (Å²) in [5.41, 5.74) is 1.13. The maximum Gasteiger partial charge on any atom is 0.261 e. The summed E-state index contributed by atoms with van der Waals surface area (Å²) in [5.74, 6) is 0.722. The van der Waals surface area contributed by atoms with Gasteiger partial charge in [-0.1, -0.05) is 26.0 Å². The largest absolute Gasteiger partial charge is 0.481 e. The van der Waals surface area contributed by atoms with Crippen LogP contribution in [-0.4, -0.2) is 18.6 Å². The summed E-state index contributed by atoms with van der Waals surface area (Å²) in [6, 6.07) is 7.75. The van der Waals surface area contributed by atoms with E-state index in [9.17, 15) is 4.79 Å². The van der Waals surface area contributed by atoms with Gasteiger partial charge in [0.15, 0.2) is 6.10 Å². The number of hydrogen-bond donors (Lipinski definition) is 1. The van der Waals surface area contributed by atoms with Gasteiger partial charge >= 0.3 is 0 Å². The molecule has 0 heterocycles. The zero-order valence-electron chi connectivity index (χ0n) is 10.8. The normalized spacial score (nSPS) is 11.9. The van der Waals surface area contributed by atoms with Crippen LogP contribution in [0.4, 0.5) is 0 Å². The molecule has 0 saturated heterocycles. The summed E-state index contributed by atoms with van der Waals surface area (Å²) in [6.07, 6.45) is 1.21. The second-order valence-corrected chi connectivity index (χ2v) is 4.12. The van der Waals surface area contributed by atoms with Crippen LogP contribution in [0.3, 0.4) is 0 Å². The average Bonchev–Trinajstić information content (AvgIpc) is 2.33. The van der Waals surface area contributed by atoms with Gasteiger partial charge in [0.05, 0.1) is 0 Å². The molecule has 0 fully saturated rings. The third-order valence-electron chi connectivity index (χ3n) is 2.48. The monoisotopic (exact) mass is 235 g/mol. The van der Waals surface area contributed by atoms with Crippen molar-refractivity contribution in [3.63, 3.8) is 0 Å². The van der Waals surface area contributed by atoms with E-state index in [4.69, 9.17) is 4.74 Å². The smallest absolute Gasteiger partial charge is 0.261 e. The first kappa shape index (κ1) is 13.6. The molecule has 0 spiro atoms. The maximum absolute atomic E-state index is 11.8. The minimum Gasteiger partial charge on any atom is -0.481 e. The van der Waals surface area contributed by atoms with Gasteiger partial charge in [-0.25, -0.2) is 0 Å². The highest BCUT2D eigenvalue weighted by molar-refractivity contribution is 5.81. The highest BCUT2D eigenvalue weighted by atomic mass is 16.5. The van der Waals surface area contributed by atoms with E-state index in [0.717, 1.165) is 17.7 Å². The molecule has 1 aromatic rings. The quantitative estimate of drug-likeness (QED) is 0.823. The molecule has 1 amide bonds. The van der Waals surface area contributed by atoms with Crippen LogP contribution in [0, 0.1) is 6.92 Å². The van der Waals surface area contributed by atoms with Gasteiger partial charge < -0.3 is 10.1 Å². The molecule has 0 aliphatic carbocycles. The molecule has 0 bridgehead atoms. The number of carbonyl (C=O) groups is 1. The number of ether oxygens (including phenoxy) is 1. The number of hydrogen-bond acceptors (Lipinski definition) is 2. The fourth-order valence-corrected chi connectivity index (χ4v) is 1.54. The molecule has 1 N–H and O–H groups in total. The fourth-order valence-electron chi connectivity index (χ4n) is 1.54. The molecule has 1 rings (SSSR count).